The summed E-state index contributed by atoms with van der Waals surface area (Å²) in [5.41, 5.74) is 2.09. The molecular formula is C17H13BrFNOS. The Kier molecular flexibility index (Phi) is 5.64. The Balaban J connectivity index is 2.60. The number of methoxy groups -OCH3 is 1. The molecule has 0 aliphatic carbocycles. The summed E-state index contributed by atoms with van der Waals surface area (Å²) in [6.45, 7) is 0. The molecule has 0 radical (unpaired) electrons. The van der Waals surface area contributed by atoms with E-state index < -0.39 is 0 Å². The van der Waals surface area contributed by atoms with Crippen LogP contribution in [0.4, 0.5) is 4.39 Å². The Bertz CT molecular complexity index is 750. The number of benzene rings is 2. The molecule has 2 nitrogen and oxygen atoms in total. The summed E-state index contributed by atoms with van der Waals surface area (Å²) in [7, 11) is 1.61. The van der Waals surface area contributed by atoms with Crippen LogP contribution in [0.2, 0.25) is 0 Å². The Labute approximate surface area is 141 Å². The summed E-state index contributed by atoms with van der Waals surface area (Å²) in [5.74, 6) is 0.411. The molecule has 22 heavy (non-hydrogen) atoms. The van der Waals surface area contributed by atoms with Crippen LogP contribution in [0.5, 0.6) is 5.75 Å². The van der Waals surface area contributed by atoms with Gasteiger partial charge >= 0.3 is 0 Å². The second-order valence-electron chi connectivity index (χ2n) is 4.37. The molecule has 0 aliphatic rings. The number of hydrogen-bond donors (Lipinski definition) is 0. The second kappa shape index (κ2) is 7.48. The Morgan fingerprint density at radius 3 is 2.41 bits per heavy atom. The highest BCUT2D eigenvalue weighted by atomic mass is 79.9. The van der Waals surface area contributed by atoms with Gasteiger partial charge in [-0.3, -0.25) is 0 Å². The lowest BCUT2D eigenvalue weighted by atomic mass is 10.0. The quantitative estimate of drug-likeness (QED) is 0.531. The first-order valence-corrected chi connectivity index (χ1v) is 8.40. The molecule has 0 spiro atoms. The first kappa shape index (κ1) is 16.6. The van der Waals surface area contributed by atoms with Gasteiger partial charge in [0.15, 0.2) is 0 Å². The van der Waals surface area contributed by atoms with Crippen molar-refractivity contribution < 1.29 is 9.13 Å². The van der Waals surface area contributed by atoms with Crippen LogP contribution in [-0.2, 0) is 0 Å². The number of rotatable bonds is 4. The van der Waals surface area contributed by atoms with Crippen molar-refractivity contribution >= 4 is 38.2 Å². The maximum Gasteiger partial charge on any atom is 0.124 e. The van der Waals surface area contributed by atoms with Crippen LogP contribution in [0, 0.1) is 17.1 Å². The third-order valence-corrected chi connectivity index (χ3v) is 4.60. The number of hydrogen-bond acceptors (Lipinski definition) is 3. The summed E-state index contributed by atoms with van der Waals surface area (Å²) in [6.07, 6.45) is 1.91. The van der Waals surface area contributed by atoms with Crippen LogP contribution < -0.4 is 4.74 Å². The van der Waals surface area contributed by atoms with Crippen LogP contribution in [0.25, 0.3) is 10.5 Å². The van der Waals surface area contributed by atoms with E-state index >= 15 is 0 Å². The van der Waals surface area contributed by atoms with Crippen molar-refractivity contribution in [2.75, 3.05) is 13.4 Å². The SMILES string of the molecule is COc1ccc(/C(SC)=C(\C#N)c2ccc(F)cc2Br)cc1. The number of nitriles is 1. The van der Waals surface area contributed by atoms with Gasteiger partial charge in [-0.1, -0.05) is 28.1 Å². The van der Waals surface area contributed by atoms with Gasteiger partial charge in [0, 0.05) is 14.9 Å². The van der Waals surface area contributed by atoms with Crippen LogP contribution in [0.3, 0.4) is 0 Å². The molecule has 0 atom stereocenters. The lowest BCUT2D eigenvalue weighted by Crippen LogP contribution is -1.91. The average Bonchev–Trinajstić information content (AvgIpc) is 2.53. The molecule has 0 aromatic heterocycles. The molecule has 0 aliphatic heterocycles. The molecule has 0 bridgehead atoms. The topological polar surface area (TPSA) is 33.0 Å². The number of allylic oxidation sites excluding steroid dienone is 1. The average molecular weight is 378 g/mol. The summed E-state index contributed by atoms with van der Waals surface area (Å²) in [4.78, 5) is 0.831. The zero-order chi connectivity index (χ0) is 16.1. The van der Waals surface area contributed by atoms with E-state index in [1.807, 2.05) is 30.5 Å². The minimum Gasteiger partial charge on any atom is -0.497 e. The molecule has 0 amide bonds. The zero-order valence-electron chi connectivity index (χ0n) is 12.1. The van der Waals surface area contributed by atoms with Crippen molar-refractivity contribution in [1.82, 2.24) is 0 Å². The largest absolute Gasteiger partial charge is 0.497 e. The third-order valence-electron chi connectivity index (χ3n) is 3.10. The molecule has 0 N–H and O–H groups in total. The minimum absolute atomic E-state index is 0.344. The fourth-order valence-electron chi connectivity index (χ4n) is 2.03. The van der Waals surface area contributed by atoms with Crippen molar-refractivity contribution in [1.29, 1.82) is 5.26 Å². The molecule has 2 aromatic carbocycles. The highest BCUT2D eigenvalue weighted by Gasteiger charge is 2.14. The molecule has 0 unspecified atom stereocenters. The number of ether oxygens (including phenoxy) is 1. The van der Waals surface area contributed by atoms with Crippen molar-refractivity contribution in [2.45, 2.75) is 0 Å². The van der Waals surface area contributed by atoms with Crippen LogP contribution in [0.1, 0.15) is 11.1 Å². The Morgan fingerprint density at radius 1 is 1.23 bits per heavy atom. The first-order chi connectivity index (χ1) is 10.6. The smallest absolute Gasteiger partial charge is 0.124 e. The van der Waals surface area contributed by atoms with E-state index in [1.165, 1.54) is 23.9 Å². The van der Waals surface area contributed by atoms with Gasteiger partial charge in [0.2, 0.25) is 0 Å². The molecule has 0 fully saturated rings. The Morgan fingerprint density at radius 2 is 1.91 bits per heavy atom. The highest BCUT2D eigenvalue weighted by molar-refractivity contribution is 9.10. The zero-order valence-corrected chi connectivity index (χ0v) is 14.5. The summed E-state index contributed by atoms with van der Waals surface area (Å²) >= 11 is 4.81. The van der Waals surface area contributed by atoms with E-state index in [-0.39, 0.29) is 5.82 Å². The van der Waals surface area contributed by atoms with E-state index in [0.717, 1.165) is 16.2 Å². The molecule has 0 saturated carbocycles. The number of halogens is 2. The lowest BCUT2D eigenvalue weighted by Gasteiger charge is -2.11. The van der Waals surface area contributed by atoms with Gasteiger partial charge in [-0.05, 0) is 42.2 Å². The normalized spacial score (nSPS) is 11.6. The maximum absolute atomic E-state index is 13.3. The number of thioether (sulfide) groups is 1. The second-order valence-corrected chi connectivity index (χ2v) is 6.04. The molecule has 2 aromatic rings. The molecule has 112 valence electrons. The molecule has 5 heteroatoms. The fraction of sp³-hybridized carbons (Fsp3) is 0.118. The van der Waals surface area contributed by atoms with Crippen LogP contribution in [-0.4, -0.2) is 13.4 Å². The van der Waals surface area contributed by atoms with E-state index in [9.17, 15) is 9.65 Å². The van der Waals surface area contributed by atoms with E-state index in [4.69, 9.17) is 4.74 Å². The van der Waals surface area contributed by atoms with E-state index in [1.54, 1.807) is 13.2 Å². The van der Waals surface area contributed by atoms with Crippen molar-refractivity contribution in [3.05, 3.63) is 63.9 Å². The first-order valence-electron chi connectivity index (χ1n) is 6.39. The monoisotopic (exact) mass is 377 g/mol. The van der Waals surface area contributed by atoms with Gasteiger partial charge in [-0.2, -0.15) is 5.26 Å². The van der Waals surface area contributed by atoms with E-state index in [0.29, 0.717) is 15.6 Å². The van der Waals surface area contributed by atoms with Gasteiger partial charge in [0.1, 0.15) is 17.6 Å². The predicted octanol–water partition coefficient (Wildman–Crippen LogP) is 5.35. The van der Waals surface area contributed by atoms with Crippen LogP contribution >= 0.6 is 27.7 Å². The standard InChI is InChI=1S/C17H13BrFNOS/c1-21-13-6-3-11(4-7-13)17(22-2)15(10-20)14-8-5-12(19)9-16(14)18/h3-9H,1-2H3/b17-15-. The molecular weight excluding hydrogens is 365 g/mol. The van der Waals surface area contributed by atoms with Gasteiger partial charge in [0.05, 0.1) is 12.7 Å². The summed E-state index contributed by atoms with van der Waals surface area (Å²) in [5, 5.41) is 9.58. The minimum atomic E-state index is -0.344. The van der Waals surface area contributed by atoms with E-state index in [2.05, 4.69) is 22.0 Å². The van der Waals surface area contributed by atoms with Gasteiger partial charge in [0.25, 0.3) is 0 Å². The highest BCUT2D eigenvalue weighted by Crippen LogP contribution is 2.37. The van der Waals surface area contributed by atoms with Crippen molar-refractivity contribution in [3.8, 4) is 11.8 Å². The Hall–Kier alpha value is -1.77. The van der Waals surface area contributed by atoms with Gasteiger partial charge < -0.3 is 4.74 Å². The maximum atomic E-state index is 13.3. The van der Waals surface area contributed by atoms with Crippen LogP contribution in [0.15, 0.2) is 46.9 Å². The molecule has 2 rings (SSSR count). The van der Waals surface area contributed by atoms with Gasteiger partial charge in [-0.15, -0.1) is 11.8 Å². The summed E-state index contributed by atoms with van der Waals surface area (Å²) < 4.78 is 19.0. The van der Waals surface area contributed by atoms with Crippen molar-refractivity contribution in [3.63, 3.8) is 0 Å². The number of nitrogens with zero attached hydrogens (tertiary/aromatic N) is 1. The van der Waals surface area contributed by atoms with Crippen molar-refractivity contribution in [2.24, 2.45) is 0 Å². The predicted molar refractivity (Wildman–Crippen MR) is 93.0 cm³/mol. The summed E-state index contributed by atoms with van der Waals surface area (Å²) in [6, 6.07) is 14.1. The third kappa shape index (κ3) is 3.52. The molecule has 0 heterocycles. The fourth-order valence-corrected chi connectivity index (χ4v) is 3.31. The van der Waals surface area contributed by atoms with Gasteiger partial charge in [-0.25, -0.2) is 4.39 Å². The molecule has 0 saturated heterocycles. The lowest BCUT2D eigenvalue weighted by molar-refractivity contribution is 0.415.